The molecule has 1 aliphatic heterocycles. The molecule has 6 nitrogen and oxygen atoms in total. The van der Waals surface area contributed by atoms with E-state index in [1.165, 1.54) is 0 Å². The number of benzene rings is 1. The second kappa shape index (κ2) is 5.86. The van der Waals surface area contributed by atoms with Crippen LogP contribution >= 0.6 is 0 Å². The topological polar surface area (TPSA) is 75.7 Å². The Kier molecular flexibility index (Phi) is 3.78. The number of hydrazine groups is 1. The normalized spacial score (nSPS) is 31.2. The number of nitrogens with zero attached hydrogens (tertiary/aromatic N) is 1. The minimum Gasteiger partial charge on any atom is -0.481 e. The van der Waals surface area contributed by atoms with E-state index in [1.54, 1.807) is 19.1 Å². The van der Waals surface area contributed by atoms with Crippen LogP contribution in [-0.2, 0) is 14.4 Å². The molecule has 6 heteroatoms. The zero-order valence-corrected chi connectivity index (χ0v) is 14.4. The second-order valence-electron chi connectivity index (χ2n) is 7.45. The third kappa shape index (κ3) is 2.60. The summed E-state index contributed by atoms with van der Waals surface area (Å²) in [6.07, 6.45) is 2.20. The van der Waals surface area contributed by atoms with Gasteiger partial charge in [-0.15, -0.1) is 0 Å². The number of nitrogens with one attached hydrogen (secondary N) is 1. The molecule has 0 spiro atoms. The molecular formula is C19H22N2O4. The lowest BCUT2D eigenvalue weighted by Crippen LogP contribution is -2.51. The van der Waals surface area contributed by atoms with Gasteiger partial charge in [0.25, 0.3) is 17.7 Å². The van der Waals surface area contributed by atoms with Crippen molar-refractivity contribution in [2.75, 3.05) is 0 Å². The quantitative estimate of drug-likeness (QED) is 0.847. The number of ether oxygens (including phenoxy) is 1. The van der Waals surface area contributed by atoms with Crippen LogP contribution in [0.15, 0.2) is 24.3 Å². The van der Waals surface area contributed by atoms with E-state index in [9.17, 15) is 14.4 Å². The van der Waals surface area contributed by atoms with Gasteiger partial charge in [-0.2, -0.15) is 5.01 Å². The van der Waals surface area contributed by atoms with E-state index in [2.05, 4.69) is 5.43 Å². The van der Waals surface area contributed by atoms with Crippen LogP contribution in [-0.4, -0.2) is 28.8 Å². The molecule has 3 aliphatic rings. The molecule has 0 radical (unpaired) electrons. The van der Waals surface area contributed by atoms with Crippen molar-refractivity contribution >= 4 is 17.7 Å². The molecule has 0 aromatic heterocycles. The highest BCUT2D eigenvalue weighted by atomic mass is 16.5. The number of amides is 3. The molecule has 1 aromatic carbocycles. The van der Waals surface area contributed by atoms with E-state index in [0.29, 0.717) is 17.6 Å². The highest BCUT2D eigenvalue weighted by Gasteiger charge is 2.61. The molecule has 132 valence electrons. The molecule has 5 atom stereocenters. The highest BCUT2D eigenvalue weighted by molar-refractivity contribution is 6.07. The summed E-state index contributed by atoms with van der Waals surface area (Å²) in [5, 5.41) is 0.942. The first kappa shape index (κ1) is 16.1. The van der Waals surface area contributed by atoms with Crippen molar-refractivity contribution in [1.82, 2.24) is 10.4 Å². The monoisotopic (exact) mass is 342 g/mol. The fourth-order valence-electron chi connectivity index (χ4n) is 4.59. The minimum absolute atomic E-state index is 0.236. The Labute approximate surface area is 146 Å². The van der Waals surface area contributed by atoms with Crippen LogP contribution in [0, 0.1) is 30.6 Å². The number of imide groups is 1. The van der Waals surface area contributed by atoms with Crippen molar-refractivity contribution in [3.8, 4) is 5.75 Å². The number of hydrogen-bond acceptors (Lipinski definition) is 4. The number of hydrogen-bond donors (Lipinski definition) is 1. The first-order chi connectivity index (χ1) is 12.0. The van der Waals surface area contributed by atoms with Gasteiger partial charge in [0.1, 0.15) is 5.75 Å². The minimum atomic E-state index is -0.805. The molecule has 2 bridgehead atoms. The van der Waals surface area contributed by atoms with Crippen molar-refractivity contribution in [2.24, 2.45) is 23.7 Å². The molecule has 4 rings (SSSR count). The van der Waals surface area contributed by atoms with Gasteiger partial charge in [-0.1, -0.05) is 17.7 Å². The van der Waals surface area contributed by atoms with Crippen LogP contribution in [0.5, 0.6) is 5.75 Å². The molecule has 3 amide bonds. The van der Waals surface area contributed by atoms with Crippen LogP contribution in [0.2, 0.25) is 0 Å². The summed E-state index contributed by atoms with van der Waals surface area (Å²) in [6.45, 7) is 3.57. The third-order valence-corrected chi connectivity index (χ3v) is 5.85. The highest BCUT2D eigenvalue weighted by Crippen LogP contribution is 2.55. The van der Waals surface area contributed by atoms with Gasteiger partial charge < -0.3 is 4.74 Å². The SMILES string of the molecule is Cc1ccc(O[C@@H](C)C(=O)NN2C(=O)[C@@H]3[C@H]4CC[C@@H](C4)[C@@H]3C2=O)cc1. The maximum Gasteiger partial charge on any atom is 0.279 e. The predicted molar refractivity (Wildman–Crippen MR) is 89.1 cm³/mol. The van der Waals surface area contributed by atoms with Crippen molar-refractivity contribution in [2.45, 2.75) is 39.2 Å². The summed E-state index contributed by atoms with van der Waals surface area (Å²) in [5.41, 5.74) is 3.57. The lowest BCUT2D eigenvalue weighted by Gasteiger charge is -2.21. The summed E-state index contributed by atoms with van der Waals surface area (Å²) < 4.78 is 5.60. The average Bonchev–Trinajstić information content (AvgIpc) is 3.26. The Morgan fingerprint density at radius 2 is 1.68 bits per heavy atom. The predicted octanol–water partition coefficient (Wildman–Crippen LogP) is 1.82. The van der Waals surface area contributed by atoms with Crippen LogP contribution in [0.25, 0.3) is 0 Å². The summed E-state index contributed by atoms with van der Waals surface area (Å²) in [7, 11) is 0. The zero-order chi connectivity index (χ0) is 17.7. The molecule has 25 heavy (non-hydrogen) atoms. The summed E-state index contributed by atoms with van der Waals surface area (Å²) in [6, 6.07) is 7.36. The molecule has 1 aromatic rings. The number of aryl methyl sites for hydroxylation is 1. The summed E-state index contributed by atoms with van der Waals surface area (Å²) in [5.74, 6) is -0.295. The Hall–Kier alpha value is -2.37. The van der Waals surface area contributed by atoms with Crippen molar-refractivity contribution in [3.05, 3.63) is 29.8 Å². The Morgan fingerprint density at radius 3 is 2.24 bits per heavy atom. The van der Waals surface area contributed by atoms with Gasteiger partial charge in [-0.05, 0) is 57.1 Å². The molecule has 2 aliphatic carbocycles. The number of carbonyl (C=O) groups excluding carboxylic acids is 3. The zero-order valence-electron chi connectivity index (χ0n) is 14.4. The summed E-state index contributed by atoms with van der Waals surface area (Å²) >= 11 is 0. The van der Waals surface area contributed by atoms with Crippen LogP contribution in [0.4, 0.5) is 0 Å². The van der Waals surface area contributed by atoms with Gasteiger partial charge in [0.15, 0.2) is 6.10 Å². The van der Waals surface area contributed by atoms with Crippen molar-refractivity contribution in [3.63, 3.8) is 0 Å². The largest absolute Gasteiger partial charge is 0.481 e. The molecular weight excluding hydrogens is 320 g/mol. The second-order valence-corrected chi connectivity index (χ2v) is 7.45. The molecule has 1 saturated heterocycles. The van der Waals surface area contributed by atoms with E-state index in [0.717, 1.165) is 29.8 Å². The molecule has 0 unspecified atom stereocenters. The lowest BCUT2D eigenvalue weighted by atomic mass is 9.81. The van der Waals surface area contributed by atoms with Crippen molar-refractivity contribution in [1.29, 1.82) is 0 Å². The first-order valence-corrected chi connectivity index (χ1v) is 8.87. The molecule has 1 heterocycles. The van der Waals surface area contributed by atoms with Gasteiger partial charge in [-0.3, -0.25) is 19.8 Å². The standard InChI is InChI=1S/C19H22N2O4/c1-10-3-7-14(8-4-10)25-11(2)17(22)20-21-18(23)15-12-5-6-13(9-12)16(15)19(21)24/h3-4,7-8,11-13,15-16H,5-6,9H2,1-2H3,(H,20,22)/t11-,12-,13-,15-,16+/m0/s1. The van der Waals surface area contributed by atoms with E-state index in [1.807, 2.05) is 19.1 Å². The Bertz CT molecular complexity index is 701. The van der Waals surface area contributed by atoms with Gasteiger partial charge in [0.2, 0.25) is 0 Å². The third-order valence-electron chi connectivity index (χ3n) is 5.85. The first-order valence-electron chi connectivity index (χ1n) is 8.87. The number of carbonyl (C=O) groups is 3. The van der Waals surface area contributed by atoms with Crippen molar-refractivity contribution < 1.29 is 19.1 Å². The fraction of sp³-hybridized carbons (Fsp3) is 0.526. The molecule has 2 saturated carbocycles. The van der Waals surface area contributed by atoms with Gasteiger partial charge in [-0.25, -0.2) is 0 Å². The average molecular weight is 342 g/mol. The van der Waals surface area contributed by atoms with E-state index in [-0.39, 0.29) is 23.7 Å². The van der Waals surface area contributed by atoms with Gasteiger partial charge >= 0.3 is 0 Å². The smallest absolute Gasteiger partial charge is 0.279 e. The molecule has 3 fully saturated rings. The van der Waals surface area contributed by atoms with E-state index < -0.39 is 12.0 Å². The number of rotatable bonds is 4. The van der Waals surface area contributed by atoms with Crippen LogP contribution in [0.3, 0.4) is 0 Å². The van der Waals surface area contributed by atoms with E-state index >= 15 is 0 Å². The van der Waals surface area contributed by atoms with E-state index in [4.69, 9.17) is 4.74 Å². The number of fused-ring (bicyclic) bond motifs is 5. The van der Waals surface area contributed by atoms with Gasteiger partial charge in [0.05, 0.1) is 11.8 Å². The Balaban J connectivity index is 1.41. The maximum absolute atomic E-state index is 12.6. The van der Waals surface area contributed by atoms with Crippen LogP contribution in [0.1, 0.15) is 31.7 Å². The van der Waals surface area contributed by atoms with Crippen LogP contribution < -0.4 is 10.2 Å². The fourth-order valence-corrected chi connectivity index (χ4v) is 4.59. The maximum atomic E-state index is 12.6. The van der Waals surface area contributed by atoms with Gasteiger partial charge in [0, 0.05) is 0 Å². The summed E-state index contributed by atoms with van der Waals surface area (Å²) in [4.78, 5) is 37.6. The Morgan fingerprint density at radius 1 is 1.12 bits per heavy atom. The molecule has 1 N–H and O–H groups in total. The lowest BCUT2D eigenvalue weighted by molar-refractivity contribution is -0.151.